The monoisotopic (exact) mass is 455 g/mol. The number of carbonyl (C=O) groups is 1. The third-order valence-corrected chi connectivity index (χ3v) is 5.37. The van der Waals surface area contributed by atoms with Gasteiger partial charge in [0.1, 0.15) is 22.9 Å². The number of nitrogens with zero attached hydrogens (tertiary/aromatic N) is 3. The molecule has 172 valence electrons. The lowest BCUT2D eigenvalue weighted by Gasteiger charge is -2.27. The average Bonchev–Trinajstić information content (AvgIpc) is 3.37. The second-order valence-electron chi connectivity index (χ2n) is 7.44. The van der Waals surface area contributed by atoms with Gasteiger partial charge in [0.2, 0.25) is 5.95 Å². The number of amides is 1. The Morgan fingerprint density at radius 2 is 2.16 bits per heavy atom. The predicted molar refractivity (Wildman–Crippen MR) is 107 cm³/mol. The summed E-state index contributed by atoms with van der Waals surface area (Å²) in [7, 11) is 1.33. The number of benzene rings is 1. The minimum Gasteiger partial charge on any atom is -0.495 e. The first-order valence-corrected chi connectivity index (χ1v) is 9.96. The molecule has 32 heavy (non-hydrogen) atoms. The summed E-state index contributed by atoms with van der Waals surface area (Å²) in [6, 6.07) is 2.20. The van der Waals surface area contributed by atoms with Gasteiger partial charge in [0.05, 0.1) is 37.1 Å². The van der Waals surface area contributed by atoms with Crippen molar-refractivity contribution in [2.45, 2.75) is 31.7 Å². The zero-order chi connectivity index (χ0) is 23.0. The lowest BCUT2D eigenvalue weighted by molar-refractivity contribution is -0.137. The van der Waals surface area contributed by atoms with Crippen molar-refractivity contribution in [1.29, 1.82) is 0 Å². The summed E-state index contributed by atoms with van der Waals surface area (Å²) in [6.07, 6.45) is -3.30. The van der Waals surface area contributed by atoms with Crippen molar-refractivity contribution in [3.63, 3.8) is 0 Å². The van der Waals surface area contributed by atoms with Crippen molar-refractivity contribution in [1.82, 2.24) is 14.9 Å². The number of rotatable bonds is 6. The SMILES string of the molecule is CCNc1nc(Nc2cc(F)c(C(=O)N3C[C@@H]4C[C@H]3CO4)cc2OC)ncc1C(F)(F)F. The molecule has 0 unspecified atom stereocenters. The minimum atomic E-state index is -4.64. The van der Waals surface area contributed by atoms with Crippen molar-refractivity contribution in [2.75, 3.05) is 37.4 Å². The Balaban J connectivity index is 1.61. The van der Waals surface area contributed by atoms with E-state index in [4.69, 9.17) is 9.47 Å². The van der Waals surface area contributed by atoms with E-state index in [1.165, 1.54) is 13.2 Å². The average molecular weight is 455 g/mol. The number of alkyl halides is 3. The maximum Gasteiger partial charge on any atom is 0.421 e. The topological polar surface area (TPSA) is 88.6 Å². The zero-order valence-electron chi connectivity index (χ0n) is 17.3. The predicted octanol–water partition coefficient (Wildman–Crippen LogP) is 3.43. The molecule has 2 N–H and O–H groups in total. The van der Waals surface area contributed by atoms with Gasteiger partial charge in [-0.3, -0.25) is 4.79 Å². The highest BCUT2D eigenvalue weighted by molar-refractivity contribution is 5.96. The fourth-order valence-electron chi connectivity index (χ4n) is 3.86. The van der Waals surface area contributed by atoms with E-state index in [2.05, 4.69) is 20.6 Å². The molecular formula is C20H21F4N5O3. The summed E-state index contributed by atoms with van der Waals surface area (Å²) in [5, 5.41) is 5.21. The Kier molecular flexibility index (Phi) is 5.80. The Morgan fingerprint density at radius 1 is 1.38 bits per heavy atom. The molecule has 12 heteroatoms. The molecular weight excluding hydrogens is 434 g/mol. The molecule has 2 aromatic rings. The second kappa shape index (κ2) is 8.41. The van der Waals surface area contributed by atoms with Crippen LogP contribution in [0.15, 0.2) is 18.3 Å². The third-order valence-electron chi connectivity index (χ3n) is 5.37. The molecule has 8 nitrogen and oxygen atoms in total. The fourth-order valence-corrected chi connectivity index (χ4v) is 3.86. The van der Waals surface area contributed by atoms with Crippen LogP contribution in [0.4, 0.5) is 35.0 Å². The fraction of sp³-hybridized carbons (Fsp3) is 0.450. The third kappa shape index (κ3) is 4.14. The number of morpholine rings is 1. The zero-order valence-corrected chi connectivity index (χ0v) is 17.3. The quantitative estimate of drug-likeness (QED) is 0.646. The van der Waals surface area contributed by atoms with Gasteiger partial charge in [0, 0.05) is 25.4 Å². The number of fused-ring (bicyclic) bond motifs is 2. The van der Waals surface area contributed by atoms with Gasteiger partial charge >= 0.3 is 6.18 Å². The van der Waals surface area contributed by atoms with E-state index >= 15 is 0 Å². The van der Waals surface area contributed by atoms with Crippen molar-refractivity contribution >= 4 is 23.4 Å². The van der Waals surface area contributed by atoms with Gasteiger partial charge in [0.25, 0.3) is 5.91 Å². The van der Waals surface area contributed by atoms with Crippen LogP contribution in [-0.2, 0) is 10.9 Å². The molecule has 2 bridgehead atoms. The number of hydrogen-bond donors (Lipinski definition) is 2. The van der Waals surface area contributed by atoms with Crippen molar-refractivity contribution in [3.8, 4) is 5.75 Å². The molecule has 4 rings (SSSR count). The number of halogens is 4. The molecule has 2 fully saturated rings. The number of carbonyl (C=O) groups excluding carboxylic acids is 1. The number of aromatic nitrogens is 2. The van der Waals surface area contributed by atoms with E-state index in [1.54, 1.807) is 11.8 Å². The van der Waals surface area contributed by atoms with Crippen molar-refractivity contribution in [3.05, 3.63) is 35.3 Å². The molecule has 2 atom stereocenters. The van der Waals surface area contributed by atoms with Crippen LogP contribution in [0.25, 0.3) is 0 Å². The molecule has 2 aliphatic heterocycles. The smallest absolute Gasteiger partial charge is 0.421 e. The molecule has 1 aromatic heterocycles. The number of methoxy groups -OCH3 is 1. The van der Waals surface area contributed by atoms with Crippen molar-refractivity contribution < 1.29 is 31.8 Å². The van der Waals surface area contributed by atoms with Crippen LogP contribution in [0.2, 0.25) is 0 Å². The lowest BCUT2D eigenvalue weighted by Crippen LogP contribution is -2.41. The van der Waals surface area contributed by atoms with Crippen LogP contribution >= 0.6 is 0 Å². The Hall–Kier alpha value is -3.15. The van der Waals surface area contributed by atoms with Gasteiger partial charge in [-0.15, -0.1) is 0 Å². The van der Waals surface area contributed by atoms with E-state index in [0.29, 0.717) is 19.3 Å². The van der Waals surface area contributed by atoms with Crippen molar-refractivity contribution in [2.24, 2.45) is 0 Å². The lowest BCUT2D eigenvalue weighted by atomic mass is 10.1. The molecule has 0 radical (unpaired) electrons. The van der Waals surface area contributed by atoms with E-state index in [0.717, 1.165) is 12.5 Å². The van der Waals surface area contributed by atoms with Crippen LogP contribution < -0.4 is 15.4 Å². The molecule has 0 spiro atoms. The summed E-state index contributed by atoms with van der Waals surface area (Å²) >= 11 is 0. The minimum absolute atomic E-state index is 0.0300. The van der Waals surface area contributed by atoms with Gasteiger partial charge in [-0.25, -0.2) is 9.37 Å². The van der Waals surface area contributed by atoms with Gasteiger partial charge in [-0.1, -0.05) is 0 Å². The number of anilines is 3. The summed E-state index contributed by atoms with van der Waals surface area (Å²) in [4.78, 5) is 22.0. The standard InChI is InChI=1S/C20H21F4N5O3/c1-3-25-17-13(20(22,23)24)7-26-19(28-17)27-15-6-14(21)12(5-16(15)31-2)18(30)29-8-11-4-10(29)9-32-11/h5-7,10-11H,3-4,8-9H2,1-2H3,(H2,25,26,27,28)/t10-,11-/m0/s1. The van der Waals surface area contributed by atoms with Crippen LogP contribution in [-0.4, -0.2) is 59.7 Å². The Labute approximate surface area is 180 Å². The summed E-state index contributed by atoms with van der Waals surface area (Å²) in [6.45, 7) is 2.66. The highest BCUT2D eigenvalue weighted by Gasteiger charge is 2.42. The van der Waals surface area contributed by atoms with Gasteiger partial charge in [-0.05, 0) is 19.4 Å². The summed E-state index contributed by atoms with van der Waals surface area (Å²) in [5.74, 6) is -1.76. The first kappa shape index (κ1) is 22.1. The second-order valence-corrected chi connectivity index (χ2v) is 7.44. The molecule has 3 heterocycles. The number of hydrogen-bond acceptors (Lipinski definition) is 7. The molecule has 1 aromatic carbocycles. The van der Waals surface area contributed by atoms with E-state index in [-0.39, 0.29) is 41.6 Å². The van der Waals surface area contributed by atoms with E-state index < -0.39 is 29.3 Å². The molecule has 2 saturated heterocycles. The van der Waals surface area contributed by atoms with Crippen LogP contribution in [0.1, 0.15) is 29.3 Å². The highest BCUT2D eigenvalue weighted by Crippen LogP contribution is 2.36. The van der Waals surface area contributed by atoms with Gasteiger partial charge in [-0.2, -0.15) is 18.2 Å². The first-order valence-electron chi connectivity index (χ1n) is 9.96. The maximum atomic E-state index is 14.9. The van der Waals surface area contributed by atoms with Gasteiger partial charge in [0.15, 0.2) is 0 Å². The Bertz CT molecular complexity index is 1030. The Morgan fingerprint density at radius 3 is 2.75 bits per heavy atom. The number of ether oxygens (including phenoxy) is 2. The summed E-state index contributed by atoms with van der Waals surface area (Å²) in [5.41, 5.74) is -1.12. The number of nitrogens with one attached hydrogen (secondary N) is 2. The van der Waals surface area contributed by atoms with Gasteiger partial charge < -0.3 is 25.0 Å². The van der Waals surface area contributed by atoms with E-state index in [9.17, 15) is 22.4 Å². The molecule has 0 aliphatic carbocycles. The van der Waals surface area contributed by atoms with E-state index in [1.807, 2.05) is 0 Å². The highest BCUT2D eigenvalue weighted by atomic mass is 19.4. The molecule has 1 amide bonds. The molecule has 2 aliphatic rings. The normalized spacial score (nSPS) is 19.9. The van der Waals surface area contributed by atoms with Crippen LogP contribution in [0, 0.1) is 5.82 Å². The molecule has 0 saturated carbocycles. The van der Waals surface area contributed by atoms with Crippen LogP contribution in [0.3, 0.4) is 0 Å². The largest absolute Gasteiger partial charge is 0.495 e. The number of likely N-dealkylation sites (tertiary alicyclic amines) is 1. The van der Waals surface area contributed by atoms with Crippen LogP contribution in [0.5, 0.6) is 5.75 Å². The maximum absolute atomic E-state index is 14.9. The summed E-state index contributed by atoms with van der Waals surface area (Å²) < 4.78 is 65.1. The first-order chi connectivity index (χ1) is 15.2.